The van der Waals surface area contributed by atoms with Crippen LogP contribution in [-0.4, -0.2) is 23.6 Å². The summed E-state index contributed by atoms with van der Waals surface area (Å²) >= 11 is 5.85. The Hall–Kier alpha value is -2.58. The van der Waals surface area contributed by atoms with Gasteiger partial charge in [0.2, 0.25) is 0 Å². The third kappa shape index (κ3) is 3.92. The number of nitrogens with one attached hydrogen (secondary N) is 3. The molecule has 25 heavy (non-hydrogen) atoms. The van der Waals surface area contributed by atoms with Gasteiger partial charge < -0.3 is 5.32 Å². The summed E-state index contributed by atoms with van der Waals surface area (Å²) in [6, 6.07) is 10.5. The predicted molar refractivity (Wildman–Crippen MR) is 97.8 cm³/mol. The Morgan fingerprint density at radius 3 is 2.28 bits per heavy atom. The van der Waals surface area contributed by atoms with E-state index in [1.165, 1.54) is 0 Å². The third-order valence-corrected chi connectivity index (χ3v) is 5.33. The van der Waals surface area contributed by atoms with Crippen LogP contribution in [0.4, 0.5) is 17.2 Å². The molecule has 1 aromatic carbocycles. The molecule has 0 bridgehead atoms. The molecule has 0 atom stereocenters. The standard InChI is InChI=1S/C16H16ClN5O2S/c1-10-16(11(2)21-20-10)25(23,24)22-15-8-7-14(9-18-15)19-13-5-3-12(17)4-6-13/h3-9,19H,1-2H3,(H,18,22)(H,20,21). The number of anilines is 3. The zero-order valence-electron chi connectivity index (χ0n) is 13.5. The highest BCUT2D eigenvalue weighted by atomic mass is 35.5. The Bertz CT molecular complexity index is 963. The molecule has 0 amide bonds. The molecule has 3 aromatic rings. The summed E-state index contributed by atoms with van der Waals surface area (Å²) in [7, 11) is -3.75. The highest BCUT2D eigenvalue weighted by molar-refractivity contribution is 7.92. The van der Waals surface area contributed by atoms with Crippen molar-refractivity contribution in [3.8, 4) is 0 Å². The average molecular weight is 378 g/mol. The van der Waals surface area contributed by atoms with Crippen LogP contribution in [0.2, 0.25) is 5.02 Å². The van der Waals surface area contributed by atoms with Crippen molar-refractivity contribution in [2.24, 2.45) is 0 Å². The highest BCUT2D eigenvalue weighted by Crippen LogP contribution is 2.22. The number of hydrogen-bond acceptors (Lipinski definition) is 5. The van der Waals surface area contributed by atoms with E-state index in [1.807, 2.05) is 12.1 Å². The highest BCUT2D eigenvalue weighted by Gasteiger charge is 2.22. The fourth-order valence-corrected chi connectivity index (χ4v) is 3.86. The van der Waals surface area contributed by atoms with Gasteiger partial charge >= 0.3 is 0 Å². The Kier molecular flexibility index (Phi) is 4.65. The molecule has 3 N–H and O–H groups in total. The molecule has 0 aliphatic heterocycles. The Morgan fingerprint density at radius 1 is 1.04 bits per heavy atom. The minimum atomic E-state index is -3.75. The molecule has 9 heteroatoms. The summed E-state index contributed by atoms with van der Waals surface area (Å²) in [6.07, 6.45) is 1.54. The molecule has 0 saturated carbocycles. The van der Waals surface area contributed by atoms with Gasteiger partial charge in [0.05, 0.1) is 23.3 Å². The lowest BCUT2D eigenvalue weighted by molar-refractivity contribution is 0.600. The summed E-state index contributed by atoms with van der Waals surface area (Å²) in [5, 5.41) is 10.4. The first-order chi connectivity index (χ1) is 11.8. The molecule has 0 saturated heterocycles. The normalized spacial score (nSPS) is 11.3. The van der Waals surface area contributed by atoms with Crippen LogP contribution in [0.3, 0.4) is 0 Å². The first kappa shape index (κ1) is 17.2. The van der Waals surface area contributed by atoms with Gasteiger partial charge in [-0.3, -0.25) is 9.82 Å². The van der Waals surface area contributed by atoms with Crippen LogP contribution in [-0.2, 0) is 10.0 Å². The maximum atomic E-state index is 12.5. The fourth-order valence-electron chi connectivity index (χ4n) is 2.35. The van der Waals surface area contributed by atoms with Crippen molar-refractivity contribution in [1.29, 1.82) is 0 Å². The molecule has 2 aromatic heterocycles. The topological polar surface area (TPSA) is 99.8 Å². The van der Waals surface area contributed by atoms with E-state index < -0.39 is 10.0 Å². The number of H-pyrrole nitrogens is 1. The van der Waals surface area contributed by atoms with E-state index in [1.54, 1.807) is 44.3 Å². The van der Waals surface area contributed by atoms with Crippen molar-refractivity contribution in [2.45, 2.75) is 18.7 Å². The molecule has 130 valence electrons. The van der Waals surface area contributed by atoms with E-state index in [4.69, 9.17) is 11.6 Å². The van der Waals surface area contributed by atoms with Gasteiger partial charge in [0.15, 0.2) is 0 Å². The zero-order chi connectivity index (χ0) is 18.0. The lowest BCUT2D eigenvalue weighted by atomic mass is 10.3. The van der Waals surface area contributed by atoms with E-state index in [9.17, 15) is 8.42 Å². The number of aromatic nitrogens is 3. The van der Waals surface area contributed by atoms with Crippen LogP contribution in [0.15, 0.2) is 47.5 Å². The summed E-state index contributed by atoms with van der Waals surface area (Å²) in [5.41, 5.74) is 2.46. The van der Waals surface area contributed by atoms with Crippen molar-refractivity contribution >= 4 is 38.8 Å². The second-order valence-corrected chi connectivity index (χ2v) is 7.49. The molecule has 0 fully saturated rings. The number of benzene rings is 1. The molecule has 3 rings (SSSR count). The first-order valence-corrected chi connectivity index (χ1v) is 9.24. The average Bonchev–Trinajstić information content (AvgIpc) is 2.91. The largest absolute Gasteiger partial charge is 0.354 e. The first-order valence-electron chi connectivity index (χ1n) is 7.38. The number of halogens is 1. The Morgan fingerprint density at radius 2 is 1.72 bits per heavy atom. The van der Waals surface area contributed by atoms with Crippen LogP contribution in [0.5, 0.6) is 0 Å². The van der Waals surface area contributed by atoms with Gasteiger partial charge in [-0.2, -0.15) is 5.10 Å². The minimum absolute atomic E-state index is 0.137. The summed E-state index contributed by atoms with van der Waals surface area (Å²) in [6.45, 7) is 3.28. The monoisotopic (exact) mass is 377 g/mol. The third-order valence-electron chi connectivity index (χ3n) is 3.46. The molecule has 0 radical (unpaired) electrons. The van der Waals surface area contributed by atoms with Gasteiger partial charge in [-0.1, -0.05) is 11.6 Å². The van der Waals surface area contributed by atoms with E-state index in [-0.39, 0.29) is 10.7 Å². The number of aromatic amines is 1. The predicted octanol–water partition coefficient (Wildman–Crippen LogP) is 3.62. The second kappa shape index (κ2) is 6.73. The lowest BCUT2D eigenvalue weighted by Gasteiger charge is -2.09. The van der Waals surface area contributed by atoms with Crippen LogP contribution >= 0.6 is 11.6 Å². The van der Waals surface area contributed by atoms with Crippen LogP contribution in [0.25, 0.3) is 0 Å². The summed E-state index contributed by atoms with van der Waals surface area (Å²) in [4.78, 5) is 4.27. The molecule has 0 aliphatic rings. The smallest absolute Gasteiger partial charge is 0.266 e. The van der Waals surface area contributed by atoms with E-state index in [0.717, 1.165) is 11.4 Å². The van der Waals surface area contributed by atoms with Crippen molar-refractivity contribution in [3.63, 3.8) is 0 Å². The van der Waals surface area contributed by atoms with Crippen molar-refractivity contribution in [3.05, 3.63) is 59.0 Å². The number of sulfonamides is 1. The quantitative estimate of drug-likeness (QED) is 0.630. The Labute approximate surface area is 150 Å². The van der Waals surface area contributed by atoms with Gasteiger partial charge in [-0.15, -0.1) is 0 Å². The SMILES string of the molecule is Cc1n[nH]c(C)c1S(=O)(=O)Nc1ccc(Nc2ccc(Cl)cc2)cn1. The van der Waals surface area contributed by atoms with E-state index in [0.29, 0.717) is 16.4 Å². The number of pyridine rings is 1. The van der Waals surface area contributed by atoms with Gasteiger partial charge in [-0.25, -0.2) is 13.4 Å². The maximum Gasteiger partial charge on any atom is 0.266 e. The lowest BCUT2D eigenvalue weighted by Crippen LogP contribution is -2.15. The molecule has 0 aliphatic carbocycles. The summed E-state index contributed by atoms with van der Waals surface area (Å²) < 4.78 is 27.4. The van der Waals surface area contributed by atoms with Gasteiger partial charge in [0, 0.05) is 10.7 Å². The molecule has 0 unspecified atom stereocenters. The van der Waals surface area contributed by atoms with Crippen LogP contribution < -0.4 is 10.0 Å². The van der Waals surface area contributed by atoms with Crippen LogP contribution in [0.1, 0.15) is 11.4 Å². The van der Waals surface area contributed by atoms with Crippen molar-refractivity contribution in [2.75, 3.05) is 10.0 Å². The fraction of sp³-hybridized carbons (Fsp3) is 0.125. The zero-order valence-corrected chi connectivity index (χ0v) is 15.1. The van der Waals surface area contributed by atoms with Crippen molar-refractivity contribution in [1.82, 2.24) is 15.2 Å². The molecule has 7 nitrogen and oxygen atoms in total. The molecule has 2 heterocycles. The maximum absolute atomic E-state index is 12.5. The number of aryl methyl sites for hydroxylation is 2. The number of hydrogen-bond donors (Lipinski definition) is 3. The van der Waals surface area contributed by atoms with Gasteiger partial charge in [0.1, 0.15) is 10.7 Å². The molecule has 0 spiro atoms. The van der Waals surface area contributed by atoms with E-state index in [2.05, 4.69) is 25.2 Å². The summed E-state index contributed by atoms with van der Waals surface area (Å²) in [5.74, 6) is 0.224. The number of rotatable bonds is 5. The van der Waals surface area contributed by atoms with Crippen molar-refractivity contribution < 1.29 is 8.42 Å². The Balaban J connectivity index is 1.75. The van der Waals surface area contributed by atoms with Crippen LogP contribution in [0, 0.1) is 13.8 Å². The number of nitrogens with zero attached hydrogens (tertiary/aromatic N) is 2. The van der Waals surface area contributed by atoms with Gasteiger partial charge in [-0.05, 0) is 50.2 Å². The van der Waals surface area contributed by atoms with E-state index >= 15 is 0 Å². The van der Waals surface area contributed by atoms with Gasteiger partial charge in [0.25, 0.3) is 10.0 Å². The minimum Gasteiger partial charge on any atom is -0.354 e. The second-order valence-electron chi connectivity index (χ2n) is 5.43. The molecular formula is C16H16ClN5O2S. The molecular weight excluding hydrogens is 362 g/mol.